The molecule has 1 heterocycles. The van der Waals surface area contributed by atoms with E-state index >= 15 is 0 Å². The van der Waals surface area contributed by atoms with E-state index in [1.807, 2.05) is 6.92 Å². The van der Waals surface area contributed by atoms with Crippen LogP contribution in [-0.2, 0) is 13.5 Å². The Bertz CT molecular complexity index is 358. The molecule has 0 aliphatic heterocycles. The minimum absolute atomic E-state index is 0.185. The molecule has 1 aromatic heterocycles. The van der Waals surface area contributed by atoms with Gasteiger partial charge in [-0.1, -0.05) is 6.92 Å². The standard InChI is InChI=1S/C10H20N4O2/c1-4-7-8(11)9(14(3)13-7)12-10(2,5-15)6-16/h12,15-16H,4-6,11H2,1-3H3. The molecule has 6 nitrogen and oxygen atoms in total. The lowest BCUT2D eigenvalue weighted by atomic mass is 10.1. The number of aliphatic hydroxyl groups excluding tert-OH is 2. The van der Waals surface area contributed by atoms with Gasteiger partial charge in [0.05, 0.1) is 30.1 Å². The topological polar surface area (TPSA) is 96.3 Å². The van der Waals surface area contributed by atoms with E-state index < -0.39 is 5.54 Å². The van der Waals surface area contributed by atoms with Crippen molar-refractivity contribution in [2.24, 2.45) is 7.05 Å². The largest absolute Gasteiger partial charge is 0.394 e. The second kappa shape index (κ2) is 4.71. The van der Waals surface area contributed by atoms with Crippen molar-refractivity contribution in [2.45, 2.75) is 25.8 Å². The Morgan fingerprint density at radius 3 is 2.38 bits per heavy atom. The fraction of sp³-hybridized carbons (Fsp3) is 0.700. The number of rotatable bonds is 5. The van der Waals surface area contributed by atoms with Crippen LogP contribution in [0.25, 0.3) is 0 Å². The Morgan fingerprint density at radius 2 is 2.00 bits per heavy atom. The molecule has 0 atom stereocenters. The third kappa shape index (κ3) is 2.28. The van der Waals surface area contributed by atoms with E-state index in [0.29, 0.717) is 11.5 Å². The number of nitrogens with two attached hydrogens (primary N) is 1. The first-order chi connectivity index (χ1) is 7.47. The summed E-state index contributed by atoms with van der Waals surface area (Å²) in [5, 5.41) is 25.7. The van der Waals surface area contributed by atoms with Gasteiger partial charge in [-0.25, -0.2) is 0 Å². The lowest BCUT2D eigenvalue weighted by Crippen LogP contribution is -2.43. The van der Waals surface area contributed by atoms with Gasteiger partial charge in [0.2, 0.25) is 0 Å². The maximum Gasteiger partial charge on any atom is 0.148 e. The summed E-state index contributed by atoms with van der Waals surface area (Å²) < 4.78 is 1.62. The molecule has 0 unspecified atom stereocenters. The molecule has 0 fully saturated rings. The van der Waals surface area contributed by atoms with E-state index in [1.165, 1.54) is 0 Å². The average molecular weight is 228 g/mol. The van der Waals surface area contributed by atoms with Gasteiger partial charge in [0.15, 0.2) is 0 Å². The fourth-order valence-corrected chi connectivity index (χ4v) is 1.42. The zero-order valence-electron chi connectivity index (χ0n) is 9.99. The van der Waals surface area contributed by atoms with Gasteiger partial charge in [-0.2, -0.15) is 5.10 Å². The van der Waals surface area contributed by atoms with Crippen molar-refractivity contribution in [3.63, 3.8) is 0 Å². The molecular weight excluding hydrogens is 208 g/mol. The molecule has 0 aliphatic carbocycles. The minimum atomic E-state index is -0.799. The van der Waals surface area contributed by atoms with Crippen LogP contribution in [0.15, 0.2) is 0 Å². The number of aliphatic hydroxyl groups is 2. The Hall–Kier alpha value is -1.27. The SMILES string of the molecule is CCc1nn(C)c(NC(C)(CO)CO)c1N. The number of nitrogen functional groups attached to an aromatic ring is 1. The van der Waals surface area contributed by atoms with Gasteiger partial charge >= 0.3 is 0 Å². The van der Waals surface area contributed by atoms with Crippen molar-refractivity contribution in [2.75, 3.05) is 24.3 Å². The molecule has 1 aromatic rings. The number of anilines is 2. The summed E-state index contributed by atoms with van der Waals surface area (Å²) in [4.78, 5) is 0. The lowest BCUT2D eigenvalue weighted by Gasteiger charge is -2.27. The molecule has 0 saturated carbocycles. The Balaban J connectivity index is 3.01. The van der Waals surface area contributed by atoms with E-state index in [-0.39, 0.29) is 13.2 Å². The molecule has 0 amide bonds. The molecule has 0 bridgehead atoms. The van der Waals surface area contributed by atoms with Gasteiger partial charge in [-0.05, 0) is 13.3 Å². The molecule has 16 heavy (non-hydrogen) atoms. The van der Waals surface area contributed by atoms with E-state index in [1.54, 1.807) is 18.7 Å². The monoisotopic (exact) mass is 228 g/mol. The normalized spacial score (nSPS) is 11.8. The van der Waals surface area contributed by atoms with Gasteiger partial charge in [0.1, 0.15) is 5.82 Å². The molecule has 0 radical (unpaired) electrons. The highest BCUT2D eigenvalue weighted by Crippen LogP contribution is 2.25. The maximum atomic E-state index is 9.20. The Morgan fingerprint density at radius 1 is 1.44 bits per heavy atom. The number of nitrogens with zero attached hydrogens (tertiary/aromatic N) is 2. The molecular formula is C10H20N4O2. The van der Waals surface area contributed by atoms with Gasteiger partial charge < -0.3 is 21.3 Å². The van der Waals surface area contributed by atoms with Crippen LogP contribution in [0.5, 0.6) is 0 Å². The van der Waals surface area contributed by atoms with E-state index in [9.17, 15) is 10.2 Å². The van der Waals surface area contributed by atoms with Gasteiger partial charge in [0.25, 0.3) is 0 Å². The average Bonchev–Trinajstić information content (AvgIpc) is 2.56. The summed E-state index contributed by atoms with van der Waals surface area (Å²) >= 11 is 0. The smallest absolute Gasteiger partial charge is 0.148 e. The predicted molar refractivity (Wildman–Crippen MR) is 63.2 cm³/mol. The molecule has 0 saturated heterocycles. The molecule has 6 heteroatoms. The van der Waals surface area contributed by atoms with Crippen LogP contribution in [0.3, 0.4) is 0 Å². The van der Waals surface area contributed by atoms with E-state index in [0.717, 1.165) is 12.1 Å². The first-order valence-electron chi connectivity index (χ1n) is 5.28. The van der Waals surface area contributed by atoms with Crippen LogP contribution in [0, 0.1) is 0 Å². The summed E-state index contributed by atoms with van der Waals surface area (Å²) in [6, 6.07) is 0. The van der Waals surface area contributed by atoms with Gasteiger partial charge in [-0.3, -0.25) is 4.68 Å². The third-order valence-corrected chi connectivity index (χ3v) is 2.61. The Labute approximate surface area is 95.1 Å². The van der Waals surface area contributed by atoms with Crippen molar-refractivity contribution in [1.82, 2.24) is 9.78 Å². The highest BCUT2D eigenvalue weighted by Gasteiger charge is 2.25. The summed E-state index contributed by atoms with van der Waals surface area (Å²) in [6.07, 6.45) is 0.746. The molecule has 1 rings (SSSR count). The fourth-order valence-electron chi connectivity index (χ4n) is 1.42. The van der Waals surface area contributed by atoms with Crippen LogP contribution in [-0.4, -0.2) is 38.7 Å². The Kier molecular flexibility index (Phi) is 3.77. The van der Waals surface area contributed by atoms with Crippen molar-refractivity contribution in [3.05, 3.63) is 5.69 Å². The summed E-state index contributed by atoms with van der Waals surface area (Å²) in [5.74, 6) is 0.627. The molecule has 5 N–H and O–H groups in total. The van der Waals surface area contributed by atoms with Gasteiger partial charge in [0, 0.05) is 7.05 Å². The summed E-state index contributed by atoms with van der Waals surface area (Å²) in [6.45, 7) is 3.32. The second-order valence-electron chi connectivity index (χ2n) is 4.19. The molecule has 0 aromatic carbocycles. The van der Waals surface area contributed by atoms with Crippen molar-refractivity contribution in [1.29, 1.82) is 0 Å². The lowest BCUT2D eigenvalue weighted by molar-refractivity contribution is 0.147. The van der Waals surface area contributed by atoms with Crippen LogP contribution in [0.2, 0.25) is 0 Å². The van der Waals surface area contributed by atoms with E-state index in [4.69, 9.17) is 5.73 Å². The highest BCUT2D eigenvalue weighted by molar-refractivity contribution is 5.65. The van der Waals surface area contributed by atoms with Crippen molar-refractivity contribution >= 4 is 11.5 Å². The minimum Gasteiger partial charge on any atom is -0.394 e. The predicted octanol–water partition coefficient (Wildman–Crippen LogP) is -0.280. The van der Waals surface area contributed by atoms with Crippen molar-refractivity contribution < 1.29 is 10.2 Å². The number of aryl methyl sites for hydroxylation is 2. The molecule has 92 valence electrons. The molecule has 0 spiro atoms. The van der Waals surface area contributed by atoms with Crippen LogP contribution in [0.4, 0.5) is 11.5 Å². The van der Waals surface area contributed by atoms with Crippen molar-refractivity contribution in [3.8, 4) is 0 Å². The highest BCUT2D eigenvalue weighted by atomic mass is 16.3. The number of hydrogen-bond donors (Lipinski definition) is 4. The molecule has 0 aliphatic rings. The van der Waals surface area contributed by atoms with Crippen LogP contribution < -0.4 is 11.1 Å². The number of nitrogens with one attached hydrogen (secondary N) is 1. The zero-order valence-corrected chi connectivity index (χ0v) is 9.99. The van der Waals surface area contributed by atoms with E-state index in [2.05, 4.69) is 10.4 Å². The number of aromatic nitrogens is 2. The van der Waals surface area contributed by atoms with Gasteiger partial charge in [-0.15, -0.1) is 0 Å². The summed E-state index contributed by atoms with van der Waals surface area (Å²) in [5.41, 5.74) is 6.50. The second-order valence-corrected chi connectivity index (χ2v) is 4.19. The first kappa shape index (κ1) is 12.8. The quantitative estimate of drug-likeness (QED) is 0.556. The zero-order chi connectivity index (χ0) is 12.3. The number of hydrogen-bond acceptors (Lipinski definition) is 5. The third-order valence-electron chi connectivity index (χ3n) is 2.61. The summed E-state index contributed by atoms with van der Waals surface area (Å²) in [7, 11) is 1.77. The first-order valence-corrected chi connectivity index (χ1v) is 5.28. The van der Waals surface area contributed by atoms with Crippen LogP contribution in [0.1, 0.15) is 19.5 Å². The maximum absolute atomic E-state index is 9.20. The van der Waals surface area contributed by atoms with Crippen LogP contribution >= 0.6 is 0 Å².